The number of aliphatic hydroxyl groups is 1. The van der Waals surface area contributed by atoms with E-state index >= 15 is 0 Å². The van der Waals surface area contributed by atoms with E-state index in [0.29, 0.717) is 12.3 Å². The molecule has 1 atom stereocenters. The summed E-state index contributed by atoms with van der Waals surface area (Å²) in [5, 5.41) is 15.1. The predicted molar refractivity (Wildman–Crippen MR) is 71.4 cm³/mol. The van der Waals surface area contributed by atoms with Gasteiger partial charge in [-0.05, 0) is 25.2 Å². The summed E-state index contributed by atoms with van der Waals surface area (Å²) in [4.78, 5) is 0. The number of aryl methyl sites for hydroxylation is 2. The van der Waals surface area contributed by atoms with Crippen molar-refractivity contribution in [1.82, 2.24) is 9.78 Å². The zero-order valence-corrected chi connectivity index (χ0v) is 12.0. The lowest BCUT2D eigenvalue weighted by molar-refractivity contribution is 0.154. The summed E-state index contributed by atoms with van der Waals surface area (Å²) in [6.07, 6.45) is 2.96. The smallest absolute Gasteiger partial charge is 0.0850 e. The van der Waals surface area contributed by atoms with Gasteiger partial charge in [-0.2, -0.15) is 5.10 Å². The molecule has 0 bridgehead atoms. The van der Waals surface area contributed by atoms with Gasteiger partial charge < -0.3 is 5.11 Å². The fourth-order valence-electron chi connectivity index (χ4n) is 1.89. The Kier molecular flexibility index (Phi) is 5.47. The van der Waals surface area contributed by atoms with E-state index in [1.807, 2.05) is 14.0 Å². The molecule has 0 saturated carbocycles. The third-order valence-corrected chi connectivity index (χ3v) is 3.45. The zero-order valence-electron chi connectivity index (χ0n) is 11.2. The Balaban J connectivity index is 2.64. The van der Waals surface area contributed by atoms with Crippen molar-refractivity contribution < 1.29 is 5.11 Å². The Labute approximate surface area is 109 Å². The third-order valence-electron chi connectivity index (χ3n) is 3.01. The molecule has 0 radical (unpaired) electrons. The van der Waals surface area contributed by atoms with Crippen molar-refractivity contribution in [3.63, 3.8) is 0 Å². The second-order valence-electron chi connectivity index (χ2n) is 5.01. The van der Waals surface area contributed by atoms with Crippen molar-refractivity contribution in [3.05, 3.63) is 16.4 Å². The first kappa shape index (κ1) is 14.5. The lowest BCUT2D eigenvalue weighted by Crippen LogP contribution is -2.14. The normalized spacial score (nSPS) is 13.4. The summed E-state index contributed by atoms with van der Waals surface area (Å²) in [7, 11) is 1.88. The van der Waals surface area contributed by atoms with Gasteiger partial charge in [0.25, 0.3) is 0 Å². The Bertz CT molecular complexity index is 361. The summed E-state index contributed by atoms with van der Waals surface area (Å²) in [6.45, 7) is 6.37. The summed E-state index contributed by atoms with van der Waals surface area (Å²) in [5.41, 5.74) is 1.86. The molecule has 1 aromatic rings. The Morgan fingerprint density at radius 1 is 1.35 bits per heavy atom. The average molecular weight is 259 g/mol. The molecule has 0 amide bonds. The van der Waals surface area contributed by atoms with Crippen molar-refractivity contribution in [3.8, 4) is 0 Å². The van der Waals surface area contributed by atoms with Crippen LogP contribution in [0.2, 0.25) is 5.02 Å². The highest BCUT2D eigenvalue weighted by Crippen LogP contribution is 2.23. The van der Waals surface area contributed by atoms with Crippen LogP contribution in [0.25, 0.3) is 0 Å². The molecular formula is C13H23ClN2O. The highest BCUT2D eigenvalue weighted by Gasteiger charge is 2.16. The Hall–Kier alpha value is -0.540. The lowest BCUT2D eigenvalue weighted by Gasteiger charge is -2.12. The SMILES string of the molecule is CCc1nn(C)c(CC(O)CCC(C)C)c1Cl. The molecule has 1 unspecified atom stereocenters. The highest BCUT2D eigenvalue weighted by molar-refractivity contribution is 6.31. The van der Waals surface area contributed by atoms with Crippen LogP contribution in [0.4, 0.5) is 0 Å². The van der Waals surface area contributed by atoms with E-state index in [1.165, 1.54) is 0 Å². The first-order valence-electron chi connectivity index (χ1n) is 6.34. The molecule has 0 saturated heterocycles. The number of nitrogens with zero attached hydrogens (tertiary/aromatic N) is 2. The molecule has 1 aromatic heterocycles. The minimum atomic E-state index is -0.324. The van der Waals surface area contributed by atoms with Crippen molar-refractivity contribution in [2.45, 2.75) is 52.6 Å². The van der Waals surface area contributed by atoms with E-state index in [4.69, 9.17) is 11.6 Å². The molecule has 3 nitrogen and oxygen atoms in total. The number of halogens is 1. The van der Waals surface area contributed by atoms with Crippen molar-refractivity contribution in [2.75, 3.05) is 0 Å². The third kappa shape index (κ3) is 4.00. The molecule has 0 aromatic carbocycles. The molecule has 0 fully saturated rings. The number of rotatable bonds is 6. The average Bonchev–Trinajstić information content (AvgIpc) is 2.53. The van der Waals surface area contributed by atoms with Crippen LogP contribution in [0.5, 0.6) is 0 Å². The maximum atomic E-state index is 9.98. The van der Waals surface area contributed by atoms with E-state index in [9.17, 15) is 5.11 Å². The van der Waals surface area contributed by atoms with Gasteiger partial charge in [-0.25, -0.2) is 0 Å². The molecule has 0 aliphatic rings. The highest BCUT2D eigenvalue weighted by atomic mass is 35.5. The van der Waals surface area contributed by atoms with E-state index < -0.39 is 0 Å². The van der Waals surface area contributed by atoms with Crippen molar-refractivity contribution in [2.24, 2.45) is 13.0 Å². The minimum Gasteiger partial charge on any atom is -0.393 e. The molecule has 0 aliphatic carbocycles. The first-order chi connectivity index (χ1) is 7.95. The van der Waals surface area contributed by atoms with Gasteiger partial charge in [0.1, 0.15) is 0 Å². The quantitative estimate of drug-likeness (QED) is 0.852. The molecule has 4 heteroatoms. The molecular weight excluding hydrogens is 236 g/mol. The monoisotopic (exact) mass is 258 g/mol. The molecule has 1 N–H and O–H groups in total. The van der Waals surface area contributed by atoms with Crippen LogP contribution in [0.1, 0.15) is 45.0 Å². The van der Waals surface area contributed by atoms with Crippen LogP contribution in [0.3, 0.4) is 0 Å². The van der Waals surface area contributed by atoms with Crippen LogP contribution in [0.15, 0.2) is 0 Å². The maximum absolute atomic E-state index is 9.98. The topological polar surface area (TPSA) is 38.0 Å². The molecule has 0 aliphatic heterocycles. The lowest BCUT2D eigenvalue weighted by atomic mass is 10.0. The maximum Gasteiger partial charge on any atom is 0.0850 e. The number of aliphatic hydroxyl groups excluding tert-OH is 1. The summed E-state index contributed by atoms with van der Waals surface area (Å²) >= 11 is 6.24. The van der Waals surface area contributed by atoms with Crippen LogP contribution >= 0.6 is 11.6 Å². The molecule has 1 rings (SSSR count). The molecule has 98 valence electrons. The second kappa shape index (κ2) is 6.41. The Morgan fingerprint density at radius 2 is 2.00 bits per heavy atom. The fraction of sp³-hybridized carbons (Fsp3) is 0.769. The van der Waals surface area contributed by atoms with Crippen LogP contribution < -0.4 is 0 Å². The van der Waals surface area contributed by atoms with Crippen molar-refractivity contribution in [1.29, 1.82) is 0 Å². The van der Waals surface area contributed by atoms with Crippen molar-refractivity contribution >= 4 is 11.6 Å². The van der Waals surface area contributed by atoms with Gasteiger partial charge in [-0.1, -0.05) is 32.4 Å². The van der Waals surface area contributed by atoms with Crippen LogP contribution in [-0.2, 0) is 19.9 Å². The minimum absolute atomic E-state index is 0.324. The summed E-state index contributed by atoms with van der Waals surface area (Å²) in [5.74, 6) is 0.623. The molecule has 0 spiro atoms. The Morgan fingerprint density at radius 3 is 2.47 bits per heavy atom. The van der Waals surface area contributed by atoms with Crippen LogP contribution in [-0.4, -0.2) is 21.0 Å². The molecule has 1 heterocycles. The van der Waals surface area contributed by atoms with Crippen LogP contribution in [0, 0.1) is 5.92 Å². The van der Waals surface area contributed by atoms with E-state index in [1.54, 1.807) is 4.68 Å². The summed E-state index contributed by atoms with van der Waals surface area (Å²) < 4.78 is 1.79. The van der Waals surface area contributed by atoms with Gasteiger partial charge in [-0.15, -0.1) is 0 Å². The zero-order chi connectivity index (χ0) is 13.0. The largest absolute Gasteiger partial charge is 0.393 e. The summed E-state index contributed by atoms with van der Waals surface area (Å²) in [6, 6.07) is 0. The first-order valence-corrected chi connectivity index (χ1v) is 6.71. The molecule has 17 heavy (non-hydrogen) atoms. The van der Waals surface area contributed by atoms with Gasteiger partial charge in [0.15, 0.2) is 0 Å². The van der Waals surface area contributed by atoms with Gasteiger partial charge in [0.2, 0.25) is 0 Å². The van der Waals surface area contributed by atoms with E-state index in [2.05, 4.69) is 18.9 Å². The fourth-order valence-corrected chi connectivity index (χ4v) is 2.26. The van der Waals surface area contributed by atoms with Gasteiger partial charge in [0.05, 0.1) is 22.5 Å². The van der Waals surface area contributed by atoms with E-state index in [-0.39, 0.29) is 6.10 Å². The predicted octanol–water partition coefficient (Wildman–Crippen LogP) is 2.98. The number of aromatic nitrogens is 2. The van der Waals surface area contributed by atoms with Gasteiger partial charge in [0, 0.05) is 13.5 Å². The number of hydrogen-bond acceptors (Lipinski definition) is 2. The van der Waals surface area contributed by atoms with Gasteiger partial charge >= 0.3 is 0 Å². The van der Waals surface area contributed by atoms with E-state index in [0.717, 1.165) is 35.7 Å². The van der Waals surface area contributed by atoms with Gasteiger partial charge in [-0.3, -0.25) is 4.68 Å². The standard InChI is InChI=1S/C13H23ClN2O/c1-5-11-13(14)12(16(4)15-11)8-10(17)7-6-9(2)3/h9-10,17H,5-8H2,1-4H3. The number of hydrogen-bond donors (Lipinski definition) is 1. The second-order valence-corrected chi connectivity index (χ2v) is 5.39.